The number of amides is 1. The van der Waals surface area contributed by atoms with Gasteiger partial charge in [0.05, 0.1) is 16.5 Å². The van der Waals surface area contributed by atoms with Crippen LogP contribution >= 0.6 is 0 Å². The van der Waals surface area contributed by atoms with Crippen molar-refractivity contribution in [2.45, 2.75) is 62.5 Å². The van der Waals surface area contributed by atoms with Crippen molar-refractivity contribution in [2.24, 2.45) is 0 Å². The molecule has 8 heteroatoms. The number of ether oxygens (including phenoxy) is 1. The molecule has 2 atom stereocenters. The van der Waals surface area contributed by atoms with Crippen LogP contribution in [-0.2, 0) is 26.0 Å². The third kappa shape index (κ3) is 5.28. The molecule has 1 heterocycles. The highest BCUT2D eigenvalue weighted by atomic mass is 32.2. The van der Waals surface area contributed by atoms with Crippen LogP contribution in [0.3, 0.4) is 0 Å². The first kappa shape index (κ1) is 23.4. The number of nitrogens with zero attached hydrogens (tertiary/aromatic N) is 1. The molecule has 0 aromatic heterocycles. The van der Waals surface area contributed by atoms with Crippen molar-refractivity contribution in [3.05, 3.63) is 65.2 Å². The highest BCUT2D eigenvalue weighted by Gasteiger charge is 2.28. The number of sulfonamides is 1. The molecule has 1 aliphatic carbocycles. The van der Waals surface area contributed by atoms with E-state index < -0.39 is 22.1 Å². The van der Waals surface area contributed by atoms with E-state index in [-0.39, 0.29) is 22.4 Å². The zero-order valence-electron chi connectivity index (χ0n) is 18.8. The number of esters is 1. The smallest absolute Gasteiger partial charge is 0.338 e. The molecule has 1 N–H and O–H groups in total. The van der Waals surface area contributed by atoms with Crippen LogP contribution in [0.4, 0.5) is 0 Å². The number of rotatable bonds is 6. The van der Waals surface area contributed by atoms with Gasteiger partial charge in [-0.2, -0.15) is 4.31 Å². The normalized spacial score (nSPS) is 19.8. The SMILES string of the molecule is CC(OC(=O)c1cccc(S(=O)(=O)N2CCCCC2)c1)C(=O)NC1CCCc2ccccc21. The van der Waals surface area contributed by atoms with Crippen molar-refractivity contribution in [1.29, 1.82) is 0 Å². The molecule has 2 aliphatic rings. The predicted molar refractivity (Wildman–Crippen MR) is 124 cm³/mol. The average Bonchev–Trinajstić information content (AvgIpc) is 2.84. The Morgan fingerprint density at radius 1 is 1.03 bits per heavy atom. The van der Waals surface area contributed by atoms with Crippen LogP contribution < -0.4 is 5.32 Å². The lowest BCUT2D eigenvalue weighted by Gasteiger charge is -2.27. The van der Waals surface area contributed by atoms with Gasteiger partial charge in [-0.15, -0.1) is 0 Å². The van der Waals surface area contributed by atoms with Crippen molar-refractivity contribution < 1.29 is 22.7 Å². The van der Waals surface area contributed by atoms with Gasteiger partial charge in [-0.1, -0.05) is 36.8 Å². The number of hydrogen-bond acceptors (Lipinski definition) is 5. The average molecular weight is 471 g/mol. The lowest BCUT2D eigenvalue weighted by atomic mass is 9.87. The molecular formula is C25H30N2O5S. The van der Waals surface area contributed by atoms with Crippen LogP contribution in [0.1, 0.15) is 66.6 Å². The second-order valence-corrected chi connectivity index (χ2v) is 10.6. The zero-order chi connectivity index (χ0) is 23.4. The second-order valence-electron chi connectivity index (χ2n) is 8.69. The lowest BCUT2D eigenvalue weighted by molar-refractivity contribution is -0.130. The Bertz CT molecular complexity index is 1130. The number of hydrogen-bond donors (Lipinski definition) is 1. The number of nitrogens with one attached hydrogen (secondary N) is 1. The predicted octanol–water partition coefficient (Wildman–Crippen LogP) is 3.60. The van der Waals surface area contributed by atoms with Crippen LogP contribution in [0, 0.1) is 0 Å². The molecule has 1 saturated heterocycles. The molecule has 0 spiro atoms. The Kier molecular flexibility index (Phi) is 7.14. The maximum Gasteiger partial charge on any atom is 0.338 e. The van der Waals surface area contributed by atoms with Crippen molar-refractivity contribution in [2.75, 3.05) is 13.1 Å². The molecule has 0 bridgehead atoms. The summed E-state index contributed by atoms with van der Waals surface area (Å²) in [7, 11) is -3.66. The molecule has 2 unspecified atom stereocenters. The molecule has 0 saturated carbocycles. The third-order valence-corrected chi connectivity index (χ3v) is 8.26. The zero-order valence-corrected chi connectivity index (χ0v) is 19.6. The highest BCUT2D eigenvalue weighted by Crippen LogP contribution is 2.29. The Hall–Kier alpha value is -2.71. The van der Waals surface area contributed by atoms with Gasteiger partial charge in [0, 0.05) is 13.1 Å². The summed E-state index contributed by atoms with van der Waals surface area (Å²) in [6.45, 7) is 2.49. The van der Waals surface area contributed by atoms with Gasteiger partial charge >= 0.3 is 5.97 Å². The minimum atomic E-state index is -3.66. The summed E-state index contributed by atoms with van der Waals surface area (Å²) in [6, 6.07) is 13.8. The summed E-state index contributed by atoms with van der Waals surface area (Å²) in [4.78, 5) is 25.5. The van der Waals surface area contributed by atoms with E-state index in [4.69, 9.17) is 4.74 Å². The van der Waals surface area contributed by atoms with Crippen LogP contribution in [0.25, 0.3) is 0 Å². The van der Waals surface area contributed by atoms with E-state index in [0.29, 0.717) is 13.1 Å². The fourth-order valence-corrected chi connectivity index (χ4v) is 6.08. The maximum atomic E-state index is 12.9. The Morgan fingerprint density at radius 3 is 2.58 bits per heavy atom. The van der Waals surface area contributed by atoms with E-state index in [9.17, 15) is 18.0 Å². The molecule has 2 aromatic carbocycles. The number of aryl methyl sites for hydroxylation is 1. The van der Waals surface area contributed by atoms with E-state index in [1.807, 2.05) is 18.2 Å². The van der Waals surface area contributed by atoms with Gasteiger partial charge < -0.3 is 10.1 Å². The highest BCUT2D eigenvalue weighted by molar-refractivity contribution is 7.89. The van der Waals surface area contributed by atoms with Gasteiger partial charge in [-0.3, -0.25) is 4.79 Å². The molecule has 33 heavy (non-hydrogen) atoms. The summed E-state index contributed by atoms with van der Waals surface area (Å²) in [5.74, 6) is -1.10. The van der Waals surface area contributed by atoms with Crippen LogP contribution in [0.2, 0.25) is 0 Å². The number of benzene rings is 2. The lowest BCUT2D eigenvalue weighted by Crippen LogP contribution is -2.39. The largest absolute Gasteiger partial charge is 0.449 e. The number of fused-ring (bicyclic) bond motifs is 1. The van der Waals surface area contributed by atoms with E-state index in [0.717, 1.165) is 44.1 Å². The minimum absolute atomic E-state index is 0.0646. The molecule has 2 aromatic rings. The molecule has 176 valence electrons. The van der Waals surface area contributed by atoms with Gasteiger partial charge in [-0.25, -0.2) is 13.2 Å². The fourth-order valence-electron chi connectivity index (χ4n) is 4.51. The summed E-state index contributed by atoms with van der Waals surface area (Å²) in [5.41, 5.74) is 2.44. The topological polar surface area (TPSA) is 92.8 Å². The Labute approximate surface area is 195 Å². The van der Waals surface area contributed by atoms with Gasteiger partial charge in [0.1, 0.15) is 0 Å². The first-order chi connectivity index (χ1) is 15.9. The molecule has 0 radical (unpaired) electrons. The molecular weight excluding hydrogens is 440 g/mol. The maximum absolute atomic E-state index is 12.9. The molecule has 7 nitrogen and oxygen atoms in total. The van der Waals surface area contributed by atoms with Crippen LogP contribution in [0.15, 0.2) is 53.4 Å². The number of piperidine rings is 1. The standard InChI is InChI=1S/C25H30N2O5S/c1-18(24(28)26-23-14-8-10-19-9-3-4-13-22(19)23)32-25(29)20-11-7-12-21(17-20)33(30,31)27-15-5-2-6-16-27/h3-4,7,9,11-13,17-18,23H,2,5-6,8,10,14-16H2,1H3,(H,26,28). The summed E-state index contributed by atoms with van der Waals surface area (Å²) >= 11 is 0. The van der Waals surface area contributed by atoms with Gasteiger partial charge in [0.15, 0.2) is 6.10 Å². The van der Waals surface area contributed by atoms with Gasteiger partial charge in [0.2, 0.25) is 10.0 Å². The van der Waals surface area contributed by atoms with Crippen LogP contribution in [0.5, 0.6) is 0 Å². The number of carbonyl (C=O) groups is 2. The summed E-state index contributed by atoms with van der Waals surface area (Å²) in [6.07, 6.45) is 4.48. The summed E-state index contributed by atoms with van der Waals surface area (Å²) < 4.78 is 32.7. The van der Waals surface area contributed by atoms with E-state index in [2.05, 4.69) is 11.4 Å². The first-order valence-electron chi connectivity index (χ1n) is 11.6. The molecule has 1 fully saturated rings. The molecule has 1 amide bonds. The quantitative estimate of drug-likeness (QED) is 0.651. The van der Waals surface area contributed by atoms with Crippen molar-refractivity contribution >= 4 is 21.9 Å². The number of carbonyl (C=O) groups excluding carboxylic acids is 2. The second kappa shape index (κ2) is 10.1. The van der Waals surface area contributed by atoms with Crippen LogP contribution in [-0.4, -0.2) is 43.8 Å². The van der Waals surface area contributed by atoms with E-state index in [1.165, 1.54) is 41.1 Å². The Balaban J connectivity index is 1.41. The summed E-state index contributed by atoms with van der Waals surface area (Å²) in [5, 5.41) is 2.99. The monoisotopic (exact) mass is 470 g/mol. The molecule has 4 rings (SSSR count). The van der Waals surface area contributed by atoms with Crippen molar-refractivity contribution in [3.63, 3.8) is 0 Å². The van der Waals surface area contributed by atoms with E-state index >= 15 is 0 Å². The first-order valence-corrected chi connectivity index (χ1v) is 13.0. The molecule has 1 aliphatic heterocycles. The van der Waals surface area contributed by atoms with Crippen molar-refractivity contribution in [1.82, 2.24) is 9.62 Å². The Morgan fingerprint density at radius 2 is 1.79 bits per heavy atom. The fraction of sp³-hybridized carbons (Fsp3) is 0.440. The third-order valence-electron chi connectivity index (χ3n) is 6.36. The van der Waals surface area contributed by atoms with Gasteiger partial charge in [0.25, 0.3) is 5.91 Å². The minimum Gasteiger partial charge on any atom is -0.449 e. The van der Waals surface area contributed by atoms with Gasteiger partial charge in [-0.05, 0) is 68.4 Å². The van der Waals surface area contributed by atoms with Crippen molar-refractivity contribution in [3.8, 4) is 0 Å². The van der Waals surface area contributed by atoms with E-state index in [1.54, 1.807) is 0 Å².